The van der Waals surface area contributed by atoms with E-state index in [-0.39, 0.29) is 24.2 Å². The summed E-state index contributed by atoms with van der Waals surface area (Å²) in [5.74, 6) is -0.549. The Hall–Kier alpha value is -4.07. The highest BCUT2D eigenvalue weighted by atomic mass is 16.5. The van der Waals surface area contributed by atoms with Crippen molar-refractivity contribution in [1.29, 1.82) is 0 Å². The molecule has 0 spiro atoms. The van der Waals surface area contributed by atoms with Gasteiger partial charge in [0.05, 0.1) is 18.4 Å². The maximum absolute atomic E-state index is 12.2. The van der Waals surface area contributed by atoms with Crippen LogP contribution >= 0.6 is 0 Å². The van der Waals surface area contributed by atoms with E-state index in [2.05, 4.69) is 10.6 Å². The first-order valence-electron chi connectivity index (χ1n) is 9.70. The Kier molecular flexibility index (Phi) is 7.42. The smallest absolute Gasteiger partial charge is 0.338 e. The Morgan fingerprint density at radius 3 is 2.45 bits per heavy atom. The van der Waals surface area contributed by atoms with Crippen molar-refractivity contribution in [2.45, 2.75) is 13.3 Å². The van der Waals surface area contributed by atoms with Gasteiger partial charge in [0.25, 0.3) is 11.8 Å². The molecule has 31 heavy (non-hydrogen) atoms. The largest absolute Gasteiger partial charge is 0.484 e. The Bertz CT molecular complexity index is 1030. The maximum atomic E-state index is 12.2. The van der Waals surface area contributed by atoms with Crippen LogP contribution in [0.3, 0.4) is 0 Å². The molecule has 1 aromatic heterocycles. The molecule has 3 aromatic rings. The van der Waals surface area contributed by atoms with E-state index in [9.17, 15) is 14.4 Å². The molecule has 2 aromatic carbocycles. The predicted molar refractivity (Wildman–Crippen MR) is 114 cm³/mol. The number of nitrogens with one attached hydrogen (secondary N) is 2. The second kappa shape index (κ2) is 10.6. The quantitative estimate of drug-likeness (QED) is 0.503. The first-order chi connectivity index (χ1) is 15.0. The third-order valence-corrected chi connectivity index (χ3v) is 4.05. The second-order valence-electron chi connectivity index (χ2n) is 6.51. The zero-order chi connectivity index (χ0) is 22.1. The topological polar surface area (TPSA) is 107 Å². The van der Waals surface area contributed by atoms with Gasteiger partial charge in [0.2, 0.25) is 0 Å². The zero-order valence-corrected chi connectivity index (χ0v) is 16.9. The average molecular weight is 422 g/mol. The zero-order valence-electron chi connectivity index (χ0n) is 16.9. The third kappa shape index (κ3) is 6.46. The molecule has 0 radical (unpaired) electrons. The van der Waals surface area contributed by atoms with Crippen LogP contribution in [0.2, 0.25) is 0 Å². The van der Waals surface area contributed by atoms with Crippen molar-refractivity contribution in [2.75, 3.05) is 23.8 Å². The molecule has 8 heteroatoms. The van der Waals surface area contributed by atoms with Gasteiger partial charge in [-0.1, -0.05) is 13.0 Å². The molecule has 0 unspecified atom stereocenters. The van der Waals surface area contributed by atoms with E-state index >= 15 is 0 Å². The minimum absolute atomic E-state index is 0.190. The van der Waals surface area contributed by atoms with Crippen molar-refractivity contribution in [2.24, 2.45) is 0 Å². The average Bonchev–Trinajstić information content (AvgIpc) is 3.32. The second-order valence-corrected chi connectivity index (χ2v) is 6.51. The van der Waals surface area contributed by atoms with Gasteiger partial charge in [0.15, 0.2) is 12.4 Å². The van der Waals surface area contributed by atoms with E-state index in [1.54, 1.807) is 60.7 Å². The number of anilines is 2. The van der Waals surface area contributed by atoms with Crippen molar-refractivity contribution in [3.05, 3.63) is 78.3 Å². The molecule has 3 rings (SSSR count). The number of carbonyl (C=O) groups is 3. The summed E-state index contributed by atoms with van der Waals surface area (Å²) in [5, 5.41) is 5.38. The van der Waals surface area contributed by atoms with Gasteiger partial charge in [0.1, 0.15) is 5.75 Å². The fraction of sp³-hybridized carbons (Fsp3) is 0.174. The maximum Gasteiger partial charge on any atom is 0.338 e. The minimum atomic E-state index is -0.401. The van der Waals surface area contributed by atoms with Crippen LogP contribution in [0.25, 0.3) is 0 Å². The number of carbonyl (C=O) groups excluding carboxylic acids is 3. The summed E-state index contributed by atoms with van der Waals surface area (Å²) >= 11 is 0. The van der Waals surface area contributed by atoms with Gasteiger partial charge < -0.3 is 24.5 Å². The van der Waals surface area contributed by atoms with E-state index < -0.39 is 5.97 Å². The van der Waals surface area contributed by atoms with Gasteiger partial charge >= 0.3 is 5.97 Å². The van der Waals surface area contributed by atoms with Crippen molar-refractivity contribution in [1.82, 2.24) is 0 Å². The van der Waals surface area contributed by atoms with Crippen molar-refractivity contribution in [3.63, 3.8) is 0 Å². The van der Waals surface area contributed by atoms with Crippen LogP contribution in [0.4, 0.5) is 11.4 Å². The molecule has 0 aliphatic carbocycles. The Morgan fingerprint density at radius 2 is 1.74 bits per heavy atom. The predicted octanol–water partition coefficient (Wildman–Crippen LogP) is 4.12. The van der Waals surface area contributed by atoms with Crippen LogP contribution in [-0.2, 0) is 9.53 Å². The van der Waals surface area contributed by atoms with E-state index in [1.165, 1.54) is 6.26 Å². The highest BCUT2D eigenvalue weighted by Gasteiger charge is 2.10. The van der Waals surface area contributed by atoms with Crippen LogP contribution in [0, 0.1) is 0 Å². The lowest BCUT2D eigenvalue weighted by molar-refractivity contribution is -0.118. The molecular formula is C23H22N2O6. The number of rotatable bonds is 9. The standard InChI is InChI=1S/C23H22N2O6/c1-2-12-30-23(28)16-8-10-17(11-9-16)24-21(26)15-31-19-6-3-5-18(14-19)25-22(27)20-7-4-13-29-20/h3-11,13-14H,2,12,15H2,1H3,(H,24,26)(H,25,27). The van der Waals surface area contributed by atoms with E-state index in [0.29, 0.717) is 29.3 Å². The summed E-state index contributed by atoms with van der Waals surface area (Å²) in [7, 11) is 0. The molecule has 160 valence electrons. The first kappa shape index (κ1) is 21.6. The van der Waals surface area contributed by atoms with Crippen LogP contribution in [0.1, 0.15) is 34.3 Å². The molecule has 0 aliphatic rings. The summed E-state index contributed by atoms with van der Waals surface area (Å²) in [4.78, 5) is 36.0. The highest BCUT2D eigenvalue weighted by Crippen LogP contribution is 2.18. The molecule has 8 nitrogen and oxygen atoms in total. The molecule has 0 fully saturated rings. The summed E-state index contributed by atoms with van der Waals surface area (Å²) in [6.45, 7) is 2.06. The molecular weight excluding hydrogens is 400 g/mol. The number of amides is 2. The minimum Gasteiger partial charge on any atom is -0.484 e. The fourth-order valence-corrected chi connectivity index (χ4v) is 2.58. The number of ether oxygens (including phenoxy) is 2. The third-order valence-electron chi connectivity index (χ3n) is 4.05. The van der Waals surface area contributed by atoms with Crippen molar-refractivity contribution >= 4 is 29.2 Å². The first-order valence-corrected chi connectivity index (χ1v) is 9.70. The number of benzene rings is 2. The molecule has 2 N–H and O–H groups in total. The Balaban J connectivity index is 1.49. The van der Waals surface area contributed by atoms with Gasteiger partial charge in [-0.15, -0.1) is 0 Å². The number of esters is 1. The lowest BCUT2D eigenvalue weighted by Crippen LogP contribution is -2.20. The Labute approximate surface area is 179 Å². The van der Waals surface area contributed by atoms with E-state index in [4.69, 9.17) is 13.9 Å². The van der Waals surface area contributed by atoms with E-state index in [1.807, 2.05) is 6.92 Å². The molecule has 1 heterocycles. The molecule has 0 bridgehead atoms. The van der Waals surface area contributed by atoms with Crippen LogP contribution in [0.5, 0.6) is 5.75 Å². The lowest BCUT2D eigenvalue weighted by Gasteiger charge is -2.10. The van der Waals surface area contributed by atoms with Crippen molar-refractivity contribution in [3.8, 4) is 5.75 Å². The van der Waals surface area contributed by atoms with Crippen LogP contribution < -0.4 is 15.4 Å². The molecule has 0 aliphatic heterocycles. The number of furan rings is 1. The molecule has 2 amide bonds. The van der Waals surface area contributed by atoms with E-state index in [0.717, 1.165) is 6.42 Å². The van der Waals surface area contributed by atoms with Crippen LogP contribution in [0.15, 0.2) is 71.3 Å². The molecule has 0 saturated heterocycles. The van der Waals surface area contributed by atoms with Gasteiger partial charge in [-0.25, -0.2) is 4.79 Å². The van der Waals surface area contributed by atoms with Crippen molar-refractivity contribution < 1.29 is 28.3 Å². The summed E-state index contributed by atoms with van der Waals surface area (Å²) in [6.07, 6.45) is 2.16. The summed E-state index contributed by atoms with van der Waals surface area (Å²) < 4.78 is 15.6. The summed E-state index contributed by atoms with van der Waals surface area (Å²) in [5.41, 5.74) is 1.45. The van der Waals surface area contributed by atoms with Gasteiger partial charge in [-0.05, 0) is 55.0 Å². The van der Waals surface area contributed by atoms with Gasteiger partial charge in [0, 0.05) is 17.4 Å². The SMILES string of the molecule is CCCOC(=O)c1ccc(NC(=O)COc2cccc(NC(=O)c3ccco3)c2)cc1. The normalized spacial score (nSPS) is 10.2. The van der Waals surface area contributed by atoms with Crippen LogP contribution in [-0.4, -0.2) is 31.0 Å². The number of hydrogen-bond acceptors (Lipinski definition) is 6. The molecule has 0 atom stereocenters. The number of hydrogen-bond donors (Lipinski definition) is 2. The van der Waals surface area contributed by atoms with Gasteiger partial charge in [-0.2, -0.15) is 0 Å². The monoisotopic (exact) mass is 422 g/mol. The fourth-order valence-electron chi connectivity index (χ4n) is 2.58. The summed E-state index contributed by atoms with van der Waals surface area (Å²) in [6, 6.07) is 16.2. The Morgan fingerprint density at radius 1 is 0.935 bits per heavy atom. The molecule has 0 saturated carbocycles. The highest BCUT2D eigenvalue weighted by molar-refractivity contribution is 6.02. The lowest BCUT2D eigenvalue weighted by atomic mass is 10.2. The van der Waals surface area contributed by atoms with Gasteiger partial charge in [-0.3, -0.25) is 9.59 Å².